The normalized spacial score (nSPS) is 11.3. The highest BCUT2D eigenvalue weighted by Gasteiger charge is 2.27. The first kappa shape index (κ1) is 16.9. The van der Waals surface area contributed by atoms with Gasteiger partial charge in [-0.05, 0) is 19.3 Å². The second-order valence-corrected chi connectivity index (χ2v) is 5.08. The van der Waals surface area contributed by atoms with E-state index in [4.69, 9.17) is 9.84 Å². The van der Waals surface area contributed by atoms with Gasteiger partial charge in [-0.2, -0.15) is 0 Å². The lowest BCUT2D eigenvalue weighted by Crippen LogP contribution is -2.37. The Morgan fingerprint density at radius 2 is 1.83 bits per heavy atom. The van der Waals surface area contributed by atoms with Crippen LogP contribution in [-0.4, -0.2) is 48.2 Å². The highest BCUT2D eigenvalue weighted by molar-refractivity contribution is 5.78. The number of carboxylic acid groups (broad SMARTS) is 1. The van der Waals surface area contributed by atoms with Crippen molar-refractivity contribution in [1.29, 1.82) is 0 Å². The molecule has 0 radical (unpaired) electrons. The lowest BCUT2D eigenvalue weighted by atomic mass is 9.85. The Balaban J connectivity index is 4.29. The van der Waals surface area contributed by atoms with Gasteiger partial charge in [0.2, 0.25) is 5.91 Å². The summed E-state index contributed by atoms with van der Waals surface area (Å²) < 4.78 is 5.22. The number of nitrogens with zero attached hydrogens (tertiary/aromatic N) is 1. The molecular formula is C13H25NO4. The third-order valence-electron chi connectivity index (χ3n) is 2.70. The van der Waals surface area contributed by atoms with Gasteiger partial charge < -0.3 is 14.7 Å². The van der Waals surface area contributed by atoms with Crippen molar-refractivity contribution in [1.82, 2.24) is 4.90 Å². The van der Waals surface area contributed by atoms with Crippen molar-refractivity contribution in [3.8, 4) is 0 Å². The van der Waals surface area contributed by atoms with Crippen molar-refractivity contribution < 1.29 is 19.4 Å². The van der Waals surface area contributed by atoms with Crippen LogP contribution in [0.25, 0.3) is 0 Å². The third-order valence-corrected chi connectivity index (χ3v) is 2.70. The van der Waals surface area contributed by atoms with Crippen molar-refractivity contribution in [2.75, 3.05) is 26.3 Å². The Morgan fingerprint density at radius 3 is 2.28 bits per heavy atom. The number of aliphatic carboxylic acids is 1. The molecule has 0 heterocycles. The molecule has 1 amide bonds. The van der Waals surface area contributed by atoms with Crippen LogP contribution in [0, 0.1) is 5.41 Å². The molecule has 0 spiro atoms. The number of carboxylic acids is 1. The molecule has 0 saturated carbocycles. The zero-order valence-corrected chi connectivity index (χ0v) is 11.9. The van der Waals surface area contributed by atoms with E-state index in [1.54, 1.807) is 18.7 Å². The summed E-state index contributed by atoms with van der Waals surface area (Å²) in [7, 11) is 0. The molecule has 0 rings (SSSR count). The van der Waals surface area contributed by atoms with Crippen LogP contribution in [0.4, 0.5) is 0 Å². The van der Waals surface area contributed by atoms with Gasteiger partial charge in [0.25, 0.3) is 0 Å². The molecule has 106 valence electrons. The Labute approximate surface area is 109 Å². The third kappa shape index (κ3) is 7.27. The molecule has 0 bridgehead atoms. The lowest BCUT2D eigenvalue weighted by molar-refractivity contribution is -0.140. The number of rotatable bonds is 9. The zero-order chi connectivity index (χ0) is 14.2. The van der Waals surface area contributed by atoms with Crippen molar-refractivity contribution in [2.24, 2.45) is 5.41 Å². The maximum atomic E-state index is 12.0. The first-order chi connectivity index (χ1) is 8.32. The number of carbonyl (C=O) groups is 2. The number of amides is 1. The summed E-state index contributed by atoms with van der Waals surface area (Å²) in [5.74, 6) is -0.881. The van der Waals surface area contributed by atoms with E-state index in [1.807, 2.05) is 13.8 Å². The molecule has 0 aromatic carbocycles. The highest BCUT2D eigenvalue weighted by Crippen LogP contribution is 2.25. The van der Waals surface area contributed by atoms with Crippen LogP contribution in [0.5, 0.6) is 0 Å². The Hall–Kier alpha value is -1.10. The topological polar surface area (TPSA) is 66.8 Å². The van der Waals surface area contributed by atoms with Gasteiger partial charge in [0.05, 0.1) is 13.0 Å². The van der Waals surface area contributed by atoms with Gasteiger partial charge in [-0.15, -0.1) is 0 Å². The molecule has 5 heteroatoms. The molecule has 0 fully saturated rings. The van der Waals surface area contributed by atoms with E-state index < -0.39 is 11.4 Å². The minimum Gasteiger partial charge on any atom is -0.481 e. The van der Waals surface area contributed by atoms with Crippen LogP contribution < -0.4 is 0 Å². The summed E-state index contributed by atoms with van der Waals surface area (Å²) in [4.78, 5) is 24.5. The maximum absolute atomic E-state index is 12.0. The van der Waals surface area contributed by atoms with E-state index in [2.05, 4.69) is 0 Å². The van der Waals surface area contributed by atoms with Gasteiger partial charge in [0.15, 0.2) is 0 Å². The summed E-state index contributed by atoms with van der Waals surface area (Å²) >= 11 is 0. The second-order valence-electron chi connectivity index (χ2n) is 5.08. The smallest absolute Gasteiger partial charge is 0.303 e. The molecule has 0 aliphatic carbocycles. The number of likely N-dealkylation sites (N-methyl/N-ethyl adjacent to an activating group) is 1. The Morgan fingerprint density at radius 1 is 1.22 bits per heavy atom. The quantitative estimate of drug-likeness (QED) is 0.641. The van der Waals surface area contributed by atoms with Crippen LogP contribution in [0.1, 0.15) is 40.5 Å². The van der Waals surface area contributed by atoms with Crippen LogP contribution in [0.2, 0.25) is 0 Å². The zero-order valence-electron chi connectivity index (χ0n) is 11.9. The van der Waals surface area contributed by atoms with Gasteiger partial charge in [-0.1, -0.05) is 13.8 Å². The minimum absolute atomic E-state index is 0.00174. The van der Waals surface area contributed by atoms with Gasteiger partial charge in [-0.25, -0.2) is 0 Å². The van der Waals surface area contributed by atoms with Crippen molar-refractivity contribution in [3.63, 3.8) is 0 Å². The minimum atomic E-state index is -0.870. The van der Waals surface area contributed by atoms with E-state index >= 15 is 0 Å². The second kappa shape index (κ2) is 8.08. The Bertz CT molecular complexity index is 276. The van der Waals surface area contributed by atoms with E-state index in [1.165, 1.54) is 0 Å². The SMILES string of the molecule is CCOCCN(CC)C(=O)CC(C)(C)CC(=O)O. The van der Waals surface area contributed by atoms with E-state index in [9.17, 15) is 9.59 Å². The molecule has 0 atom stereocenters. The molecule has 0 aliphatic rings. The summed E-state index contributed by atoms with van der Waals surface area (Å²) in [5.41, 5.74) is -0.512. The standard InChI is InChI=1S/C13H25NO4/c1-5-14(7-8-18-6-2)11(15)9-13(3,4)10-12(16)17/h5-10H2,1-4H3,(H,16,17). The molecule has 1 N–H and O–H groups in total. The summed E-state index contributed by atoms with van der Waals surface area (Å²) in [6.45, 7) is 9.76. The average molecular weight is 259 g/mol. The van der Waals surface area contributed by atoms with E-state index in [-0.39, 0.29) is 18.7 Å². The fourth-order valence-corrected chi connectivity index (χ4v) is 1.77. The number of hydrogen-bond acceptors (Lipinski definition) is 3. The van der Waals surface area contributed by atoms with Crippen LogP contribution in [0.15, 0.2) is 0 Å². The molecule has 0 saturated heterocycles. The fourth-order valence-electron chi connectivity index (χ4n) is 1.77. The first-order valence-electron chi connectivity index (χ1n) is 6.39. The molecule has 5 nitrogen and oxygen atoms in total. The molecule has 0 aromatic rings. The van der Waals surface area contributed by atoms with Gasteiger partial charge in [-0.3, -0.25) is 9.59 Å². The molecule has 18 heavy (non-hydrogen) atoms. The van der Waals surface area contributed by atoms with Crippen LogP contribution in [0.3, 0.4) is 0 Å². The Kier molecular flexibility index (Phi) is 7.59. The fraction of sp³-hybridized carbons (Fsp3) is 0.846. The van der Waals surface area contributed by atoms with Gasteiger partial charge in [0, 0.05) is 26.1 Å². The average Bonchev–Trinajstić information content (AvgIpc) is 2.21. The maximum Gasteiger partial charge on any atom is 0.303 e. The highest BCUT2D eigenvalue weighted by atomic mass is 16.5. The monoisotopic (exact) mass is 259 g/mol. The van der Waals surface area contributed by atoms with Gasteiger partial charge in [0.1, 0.15) is 0 Å². The van der Waals surface area contributed by atoms with Crippen molar-refractivity contribution >= 4 is 11.9 Å². The summed E-state index contributed by atoms with van der Waals surface area (Å²) in [6.07, 6.45) is 0.251. The number of carbonyl (C=O) groups excluding carboxylic acids is 1. The predicted molar refractivity (Wildman–Crippen MR) is 69.4 cm³/mol. The van der Waals surface area contributed by atoms with Crippen molar-refractivity contribution in [3.05, 3.63) is 0 Å². The summed E-state index contributed by atoms with van der Waals surface area (Å²) in [6, 6.07) is 0. The molecular weight excluding hydrogens is 234 g/mol. The van der Waals surface area contributed by atoms with Gasteiger partial charge >= 0.3 is 5.97 Å². The lowest BCUT2D eigenvalue weighted by Gasteiger charge is -2.27. The molecule has 0 aliphatic heterocycles. The predicted octanol–water partition coefficient (Wildman–Crippen LogP) is 1.76. The van der Waals surface area contributed by atoms with E-state index in [0.29, 0.717) is 26.3 Å². The van der Waals surface area contributed by atoms with Crippen LogP contribution >= 0.6 is 0 Å². The van der Waals surface area contributed by atoms with Crippen molar-refractivity contribution in [2.45, 2.75) is 40.5 Å². The summed E-state index contributed by atoms with van der Waals surface area (Å²) in [5, 5.41) is 8.79. The largest absolute Gasteiger partial charge is 0.481 e. The molecule has 0 unspecified atom stereocenters. The first-order valence-corrected chi connectivity index (χ1v) is 6.39. The van der Waals surface area contributed by atoms with Crippen LogP contribution in [-0.2, 0) is 14.3 Å². The van der Waals surface area contributed by atoms with E-state index in [0.717, 1.165) is 0 Å². The number of hydrogen-bond donors (Lipinski definition) is 1. The molecule has 0 aromatic heterocycles. The number of ether oxygens (including phenoxy) is 1.